The Morgan fingerprint density at radius 2 is 2.18 bits per heavy atom. The first-order chi connectivity index (χ1) is 5.25. The molecule has 0 saturated carbocycles. The monoisotopic (exact) mass is 168 g/mol. The lowest BCUT2D eigenvalue weighted by atomic mass is 10.5. The van der Waals surface area contributed by atoms with Crippen LogP contribution in [0.3, 0.4) is 0 Å². The van der Waals surface area contributed by atoms with Gasteiger partial charge in [0.05, 0.1) is 11.2 Å². The summed E-state index contributed by atoms with van der Waals surface area (Å²) in [5, 5.41) is 9.59. The molecule has 4 heteroatoms. The van der Waals surface area contributed by atoms with E-state index in [0.29, 0.717) is 10.7 Å². The second-order valence-electron chi connectivity index (χ2n) is 2.21. The quantitative estimate of drug-likeness (QED) is 0.650. The molecule has 1 N–H and O–H groups in total. The van der Waals surface area contributed by atoms with Crippen LogP contribution in [0.4, 0.5) is 0 Å². The number of aromatic hydroxyl groups is 1. The van der Waals surface area contributed by atoms with Gasteiger partial charge in [-0.1, -0.05) is 11.6 Å². The Morgan fingerprint density at radius 1 is 1.36 bits per heavy atom. The molecule has 2 heterocycles. The van der Waals surface area contributed by atoms with Crippen LogP contribution in [0.1, 0.15) is 0 Å². The van der Waals surface area contributed by atoms with Crippen molar-refractivity contribution in [2.75, 3.05) is 0 Å². The van der Waals surface area contributed by atoms with Crippen molar-refractivity contribution in [1.82, 2.24) is 9.38 Å². The molecule has 0 spiro atoms. The molecule has 11 heavy (non-hydrogen) atoms. The summed E-state index contributed by atoms with van der Waals surface area (Å²) in [4.78, 5) is 3.81. The topological polar surface area (TPSA) is 37.5 Å². The van der Waals surface area contributed by atoms with E-state index < -0.39 is 0 Å². The summed E-state index contributed by atoms with van der Waals surface area (Å²) in [6.07, 6.45) is 3.19. The van der Waals surface area contributed by atoms with E-state index in [9.17, 15) is 0 Å². The summed E-state index contributed by atoms with van der Waals surface area (Å²) >= 11 is 5.70. The van der Waals surface area contributed by atoms with Crippen LogP contribution in [0.5, 0.6) is 5.88 Å². The average molecular weight is 169 g/mol. The van der Waals surface area contributed by atoms with Crippen molar-refractivity contribution in [1.29, 1.82) is 0 Å². The van der Waals surface area contributed by atoms with E-state index in [4.69, 9.17) is 16.7 Å². The van der Waals surface area contributed by atoms with Crippen LogP contribution in [0, 0.1) is 0 Å². The molecule has 2 aromatic rings. The standard InChI is InChI=1S/C7H5ClN2O/c8-5-1-2-6-9-7(11)4-10(6)3-5/h1-4,11H. The van der Waals surface area contributed by atoms with Gasteiger partial charge < -0.3 is 9.51 Å². The van der Waals surface area contributed by atoms with Crippen molar-refractivity contribution < 1.29 is 5.11 Å². The van der Waals surface area contributed by atoms with Crippen molar-refractivity contribution in [3.63, 3.8) is 0 Å². The number of fused-ring (bicyclic) bond motifs is 1. The van der Waals surface area contributed by atoms with Crippen LogP contribution in [0.2, 0.25) is 5.02 Å². The minimum atomic E-state index is 0.00673. The predicted molar refractivity (Wildman–Crippen MR) is 41.9 cm³/mol. The normalized spacial score (nSPS) is 10.6. The number of rotatable bonds is 0. The molecule has 0 bridgehead atoms. The van der Waals surface area contributed by atoms with Gasteiger partial charge in [-0.2, -0.15) is 4.98 Å². The molecule has 2 aromatic heterocycles. The SMILES string of the molecule is Oc1cn2cc(Cl)ccc2n1. The first kappa shape index (κ1) is 6.49. The van der Waals surface area contributed by atoms with Gasteiger partial charge in [0.25, 0.3) is 0 Å². The molecule has 0 atom stereocenters. The van der Waals surface area contributed by atoms with E-state index in [-0.39, 0.29) is 5.88 Å². The number of halogens is 1. The summed E-state index contributed by atoms with van der Waals surface area (Å²) in [6, 6.07) is 3.46. The highest BCUT2D eigenvalue weighted by Gasteiger charge is 1.97. The van der Waals surface area contributed by atoms with E-state index >= 15 is 0 Å². The first-order valence-corrected chi connectivity index (χ1v) is 3.47. The number of imidazole rings is 1. The maximum absolute atomic E-state index is 8.97. The Balaban J connectivity index is 2.82. The van der Waals surface area contributed by atoms with Gasteiger partial charge >= 0.3 is 0 Å². The maximum atomic E-state index is 8.97. The molecule has 0 aliphatic rings. The third-order valence-electron chi connectivity index (χ3n) is 1.40. The van der Waals surface area contributed by atoms with E-state index in [1.807, 2.05) is 0 Å². The second kappa shape index (κ2) is 2.13. The second-order valence-corrected chi connectivity index (χ2v) is 2.65. The predicted octanol–water partition coefficient (Wildman–Crippen LogP) is 1.69. The Morgan fingerprint density at radius 3 is 3.00 bits per heavy atom. The van der Waals surface area contributed by atoms with Crippen molar-refractivity contribution >= 4 is 17.2 Å². The van der Waals surface area contributed by atoms with Crippen LogP contribution >= 0.6 is 11.6 Å². The van der Waals surface area contributed by atoms with Gasteiger partial charge in [-0.15, -0.1) is 0 Å². The summed E-state index contributed by atoms with van der Waals surface area (Å²) in [5.41, 5.74) is 0.687. The van der Waals surface area contributed by atoms with Crippen LogP contribution < -0.4 is 0 Å². The number of hydrogen-bond acceptors (Lipinski definition) is 2. The Hall–Kier alpha value is -1.22. The molecule has 0 saturated heterocycles. The van der Waals surface area contributed by atoms with Crippen molar-refractivity contribution in [3.8, 4) is 5.88 Å². The van der Waals surface area contributed by atoms with E-state index in [1.165, 1.54) is 6.20 Å². The zero-order valence-electron chi connectivity index (χ0n) is 5.53. The van der Waals surface area contributed by atoms with E-state index in [2.05, 4.69) is 4.98 Å². The van der Waals surface area contributed by atoms with Crippen LogP contribution in [-0.2, 0) is 0 Å². The van der Waals surface area contributed by atoms with Gasteiger partial charge in [0, 0.05) is 6.20 Å². The van der Waals surface area contributed by atoms with Gasteiger partial charge in [0.15, 0.2) is 0 Å². The summed E-state index contributed by atoms with van der Waals surface area (Å²) in [6.45, 7) is 0. The molecule has 3 nitrogen and oxygen atoms in total. The summed E-state index contributed by atoms with van der Waals surface area (Å²) in [5.74, 6) is 0.00673. The molecule has 0 radical (unpaired) electrons. The van der Waals surface area contributed by atoms with Crippen LogP contribution in [0.15, 0.2) is 24.5 Å². The smallest absolute Gasteiger partial charge is 0.230 e. The van der Waals surface area contributed by atoms with Crippen molar-refractivity contribution in [3.05, 3.63) is 29.5 Å². The molecule has 2 rings (SSSR count). The van der Waals surface area contributed by atoms with Gasteiger partial charge in [-0.05, 0) is 12.1 Å². The summed E-state index contributed by atoms with van der Waals surface area (Å²) < 4.78 is 1.66. The fourth-order valence-electron chi connectivity index (χ4n) is 0.951. The van der Waals surface area contributed by atoms with Crippen molar-refractivity contribution in [2.24, 2.45) is 0 Å². The lowest BCUT2D eigenvalue weighted by Crippen LogP contribution is -1.79. The van der Waals surface area contributed by atoms with E-state index in [1.54, 1.807) is 22.7 Å². The fourth-order valence-corrected chi connectivity index (χ4v) is 1.12. The maximum Gasteiger partial charge on any atom is 0.230 e. The highest BCUT2D eigenvalue weighted by molar-refractivity contribution is 6.30. The van der Waals surface area contributed by atoms with Gasteiger partial charge in [0.2, 0.25) is 5.88 Å². The van der Waals surface area contributed by atoms with Crippen LogP contribution in [0.25, 0.3) is 5.65 Å². The zero-order valence-corrected chi connectivity index (χ0v) is 6.28. The number of nitrogens with zero attached hydrogens (tertiary/aromatic N) is 2. The molecule has 0 amide bonds. The van der Waals surface area contributed by atoms with Gasteiger partial charge in [-0.3, -0.25) is 0 Å². The number of hydrogen-bond donors (Lipinski definition) is 1. The summed E-state index contributed by atoms with van der Waals surface area (Å²) in [7, 11) is 0. The molecule has 56 valence electrons. The molecule has 0 unspecified atom stereocenters. The Labute approximate surface area is 67.9 Å². The Kier molecular flexibility index (Phi) is 1.26. The van der Waals surface area contributed by atoms with Gasteiger partial charge in [0.1, 0.15) is 5.65 Å². The van der Waals surface area contributed by atoms with Gasteiger partial charge in [-0.25, -0.2) is 0 Å². The lowest BCUT2D eigenvalue weighted by Gasteiger charge is -1.90. The van der Waals surface area contributed by atoms with Crippen molar-refractivity contribution in [2.45, 2.75) is 0 Å². The van der Waals surface area contributed by atoms with E-state index in [0.717, 1.165) is 0 Å². The molecule has 0 aliphatic carbocycles. The van der Waals surface area contributed by atoms with Crippen LogP contribution in [-0.4, -0.2) is 14.5 Å². The lowest BCUT2D eigenvalue weighted by molar-refractivity contribution is 0.457. The molecular formula is C7H5ClN2O. The number of aromatic nitrogens is 2. The molecule has 0 fully saturated rings. The molecule has 0 aromatic carbocycles. The molecular weight excluding hydrogens is 164 g/mol. The third kappa shape index (κ3) is 1.03. The minimum Gasteiger partial charge on any atom is -0.492 e. The largest absolute Gasteiger partial charge is 0.492 e. The molecule has 0 aliphatic heterocycles. The average Bonchev–Trinajstić information content (AvgIpc) is 2.27. The third-order valence-corrected chi connectivity index (χ3v) is 1.63. The Bertz CT molecular complexity index is 396. The number of pyridine rings is 1. The highest BCUT2D eigenvalue weighted by Crippen LogP contribution is 2.13. The first-order valence-electron chi connectivity index (χ1n) is 3.09. The minimum absolute atomic E-state index is 0.00673. The fraction of sp³-hybridized carbons (Fsp3) is 0. The highest BCUT2D eigenvalue weighted by atomic mass is 35.5. The zero-order chi connectivity index (χ0) is 7.84.